The molecule has 0 aliphatic carbocycles. The zero-order valence-corrected chi connectivity index (χ0v) is 22.9. The van der Waals surface area contributed by atoms with Crippen molar-refractivity contribution in [3.8, 4) is 0 Å². The molecule has 10 nitrogen and oxygen atoms in total. The van der Waals surface area contributed by atoms with E-state index in [2.05, 4.69) is 18.5 Å². The Hall–Kier alpha value is -2.72. The van der Waals surface area contributed by atoms with E-state index in [1.165, 1.54) is 0 Å². The predicted octanol–water partition coefficient (Wildman–Crippen LogP) is 1.57. The van der Waals surface area contributed by atoms with Gasteiger partial charge in [0.2, 0.25) is 17.7 Å². The van der Waals surface area contributed by atoms with Crippen molar-refractivity contribution in [2.75, 3.05) is 26.2 Å². The van der Waals surface area contributed by atoms with Crippen LogP contribution in [0.15, 0.2) is 25.3 Å². The first-order chi connectivity index (χ1) is 18.1. The smallest absolute Gasteiger partial charge is 0.312 e. The van der Waals surface area contributed by atoms with Crippen LogP contribution in [0.1, 0.15) is 59.3 Å². The normalized spacial score (nSPS) is 28.2. The van der Waals surface area contributed by atoms with Gasteiger partial charge in [0.05, 0.1) is 24.5 Å². The summed E-state index contributed by atoms with van der Waals surface area (Å²) < 4.78 is 12.1. The number of aliphatic hydroxyl groups is 1. The van der Waals surface area contributed by atoms with Gasteiger partial charge in [0.15, 0.2) is 0 Å². The van der Waals surface area contributed by atoms with Crippen LogP contribution in [0, 0.1) is 11.8 Å². The first-order valence-electron chi connectivity index (χ1n) is 13.7. The molecular formula is C28H43N3O7. The number of esters is 1. The summed E-state index contributed by atoms with van der Waals surface area (Å²) >= 11 is 0. The van der Waals surface area contributed by atoms with Gasteiger partial charge >= 0.3 is 5.97 Å². The summed E-state index contributed by atoms with van der Waals surface area (Å²) in [5.74, 6) is -2.83. The third kappa shape index (κ3) is 5.81. The lowest BCUT2D eigenvalue weighted by Gasteiger charge is -2.38. The lowest BCUT2D eigenvalue weighted by atomic mass is 9.70. The Bertz CT molecular complexity index is 922. The van der Waals surface area contributed by atoms with Crippen molar-refractivity contribution in [2.45, 2.75) is 89.2 Å². The van der Waals surface area contributed by atoms with Crippen molar-refractivity contribution < 1.29 is 33.8 Å². The average molecular weight is 534 g/mol. The summed E-state index contributed by atoms with van der Waals surface area (Å²) in [5, 5.41) is 12.0. The van der Waals surface area contributed by atoms with Gasteiger partial charge in [-0.05, 0) is 52.9 Å². The van der Waals surface area contributed by atoms with Crippen molar-refractivity contribution in [1.29, 1.82) is 0 Å². The van der Waals surface area contributed by atoms with Gasteiger partial charge in [0.25, 0.3) is 0 Å². The molecule has 212 valence electrons. The number of unbranched alkanes of at least 4 members (excludes halogenated alkanes) is 1. The minimum atomic E-state index is -1.10. The highest BCUT2D eigenvalue weighted by molar-refractivity contribution is 5.98. The number of allylic oxidation sites excluding steroid dienone is 1. The maximum atomic E-state index is 14.0. The van der Waals surface area contributed by atoms with Crippen molar-refractivity contribution >= 4 is 23.7 Å². The van der Waals surface area contributed by atoms with Crippen LogP contribution in [0.3, 0.4) is 0 Å². The second-order valence-electron chi connectivity index (χ2n) is 10.8. The Kier molecular flexibility index (Phi) is 10.1. The standard InChI is InChI=1S/C28H43N3O7/c1-6-8-11-21(33)29-17-19(5)37-27(36)22-20-12-13-28(38-20)23(22)25(34)31(15-9-10-16-32)24(28)26(35)30(14-7-2)18(3)4/h6-7,18-20,22-24,32H,1-2,8-17H2,3-5H3,(H,29,33)/t19-,20+,22-,23-,24+,28-/m1/s1. The maximum Gasteiger partial charge on any atom is 0.312 e. The zero-order chi connectivity index (χ0) is 28.0. The Morgan fingerprint density at radius 2 is 2.00 bits per heavy atom. The minimum absolute atomic E-state index is 0.0145. The number of ether oxygens (including phenoxy) is 2. The average Bonchev–Trinajstić information content (AvgIpc) is 3.52. The van der Waals surface area contributed by atoms with E-state index in [1.807, 2.05) is 13.8 Å². The van der Waals surface area contributed by atoms with E-state index in [-0.39, 0.29) is 43.5 Å². The molecule has 6 atom stereocenters. The van der Waals surface area contributed by atoms with Gasteiger partial charge in [-0.3, -0.25) is 19.2 Å². The lowest BCUT2D eigenvalue weighted by molar-refractivity contribution is -0.159. The highest BCUT2D eigenvalue weighted by atomic mass is 16.6. The number of hydrogen-bond acceptors (Lipinski definition) is 7. The van der Waals surface area contributed by atoms with Crippen molar-refractivity contribution in [2.24, 2.45) is 11.8 Å². The second-order valence-corrected chi connectivity index (χ2v) is 10.8. The largest absolute Gasteiger partial charge is 0.460 e. The molecule has 2 N–H and O–H groups in total. The van der Waals surface area contributed by atoms with Crippen LogP contribution < -0.4 is 5.32 Å². The summed E-state index contributed by atoms with van der Waals surface area (Å²) in [6, 6.07) is -0.974. The Labute approximate surface area is 225 Å². The molecule has 3 amide bonds. The van der Waals surface area contributed by atoms with Gasteiger partial charge in [-0.15, -0.1) is 13.2 Å². The fourth-order valence-corrected chi connectivity index (χ4v) is 6.08. The van der Waals surface area contributed by atoms with Crippen LogP contribution in [-0.4, -0.2) is 94.7 Å². The number of amides is 3. The van der Waals surface area contributed by atoms with Gasteiger partial charge in [0, 0.05) is 32.2 Å². The van der Waals surface area contributed by atoms with Crippen LogP contribution in [0.4, 0.5) is 0 Å². The summed E-state index contributed by atoms with van der Waals surface area (Å²) in [6.07, 6.45) is 5.16. The number of nitrogens with zero attached hydrogens (tertiary/aromatic N) is 2. The summed E-state index contributed by atoms with van der Waals surface area (Å²) in [6.45, 7) is 13.6. The van der Waals surface area contributed by atoms with E-state index in [9.17, 15) is 24.3 Å². The van der Waals surface area contributed by atoms with Crippen LogP contribution in [0.2, 0.25) is 0 Å². The third-order valence-electron chi connectivity index (χ3n) is 7.83. The quantitative estimate of drug-likeness (QED) is 0.186. The van der Waals surface area contributed by atoms with E-state index in [1.54, 1.807) is 28.9 Å². The minimum Gasteiger partial charge on any atom is -0.460 e. The van der Waals surface area contributed by atoms with E-state index in [4.69, 9.17) is 9.47 Å². The number of nitrogens with one attached hydrogen (secondary N) is 1. The van der Waals surface area contributed by atoms with E-state index in [0.29, 0.717) is 45.1 Å². The monoisotopic (exact) mass is 533 g/mol. The molecule has 2 bridgehead atoms. The third-order valence-corrected chi connectivity index (χ3v) is 7.83. The highest BCUT2D eigenvalue weighted by Gasteiger charge is 2.75. The van der Waals surface area contributed by atoms with E-state index < -0.39 is 41.7 Å². The molecule has 3 saturated heterocycles. The number of fused-ring (bicyclic) bond motifs is 1. The number of aliphatic hydroxyl groups excluding tert-OH is 1. The van der Waals surface area contributed by atoms with Crippen LogP contribution >= 0.6 is 0 Å². The number of likely N-dealkylation sites (tertiary alicyclic amines) is 1. The molecule has 0 saturated carbocycles. The topological polar surface area (TPSA) is 125 Å². The Balaban J connectivity index is 1.82. The zero-order valence-electron chi connectivity index (χ0n) is 22.9. The summed E-state index contributed by atoms with van der Waals surface area (Å²) in [5.41, 5.74) is -1.10. The molecule has 38 heavy (non-hydrogen) atoms. The molecule has 3 rings (SSSR count). The van der Waals surface area contributed by atoms with E-state index in [0.717, 1.165) is 0 Å². The fraction of sp³-hybridized carbons (Fsp3) is 0.714. The van der Waals surface area contributed by atoms with Gasteiger partial charge in [-0.2, -0.15) is 0 Å². The molecule has 0 unspecified atom stereocenters. The number of carbonyl (C=O) groups excluding carboxylic acids is 4. The molecule has 3 fully saturated rings. The van der Waals surface area contributed by atoms with Crippen molar-refractivity contribution in [3.05, 3.63) is 25.3 Å². The van der Waals surface area contributed by atoms with Crippen molar-refractivity contribution in [3.63, 3.8) is 0 Å². The Morgan fingerprint density at radius 1 is 1.26 bits per heavy atom. The molecule has 1 spiro atoms. The summed E-state index contributed by atoms with van der Waals surface area (Å²) in [7, 11) is 0. The van der Waals surface area contributed by atoms with E-state index >= 15 is 0 Å². The predicted molar refractivity (Wildman–Crippen MR) is 141 cm³/mol. The maximum absolute atomic E-state index is 14.0. The van der Waals surface area contributed by atoms with Crippen LogP contribution in [-0.2, 0) is 28.7 Å². The number of hydrogen-bond donors (Lipinski definition) is 2. The highest BCUT2D eigenvalue weighted by Crippen LogP contribution is 2.58. The Morgan fingerprint density at radius 3 is 2.63 bits per heavy atom. The molecule has 10 heteroatoms. The molecule has 0 radical (unpaired) electrons. The van der Waals surface area contributed by atoms with Gasteiger partial charge in [-0.25, -0.2) is 0 Å². The molecule has 3 aliphatic heterocycles. The molecular weight excluding hydrogens is 490 g/mol. The molecule has 0 aromatic rings. The fourth-order valence-electron chi connectivity index (χ4n) is 6.08. The number of rotatable bonds is 15. The van der Waals surface area contributed by atoms with Crippen LogP contribution in [0.5, 0.6) is 0 Å². The van der Waals surface area contributed by atoms with Gasteiger partial charge in [0.1, 0.15) is 17.7 Å². The molecule has 0 aromatic carbocycles. The SMILES string of the molecule is C=CCCC(=O)NC[C@@H](C)OC(=O)[C@@H]1[C@@H]2CC[C@]3(O2)[C@H](C(=O)N(CC=C)C(C)C)N(CCCCO)C(=O)[C@@H]13. The van der Waals surface area contributed by atoms with Crippen molar-refractivity contribution in [1.82, 2.24) is 15.1 Å². The van der Waals surface area contributed by atoms with Crippen LogP contribution in [0.25, 0.3) is 0 Å². The van der Waals surface area contributed by atoms with Gasteiger partial charge < -0.3 is 29.7 Å². The second kappa shape index (κ2) is 12.9. The lowest BCUT2D eigenvalue weighted by Crippen LogP contribution is -2.57. The van der Waals surface area contributed by atoms with Gasteiger partial charge in [-0.1, -0.05) is 12.2 Å². The summed E-state index contributed by atoms with van der Waals surface area (Å²) in [4.78, 5) is 56.4. The molecule has 3 heterocycles. The first-order valence-corrected chi connectivity index (χ1v) is 13.7. The number of carbonyl (C=O) groups is 4. The molecule has 0 aromatic heterocycles. The first kappa shape index (κ1) is 29.8. The molecule has 3 aliphatic rings.